The number of nitrogens with one attached hydrogen (secondary N) is 2. The molecule has 0 saturated heterocycles. The SMILES string of the molecule is CCC1=C2NN=CN2C=C(C(N)=NN=O)N1. The molecule has 2 rings (SSSR count). The Labute approximate surface area is 91.5 Å². The van der Waals surface area contributed by atoms with E-state index in [0.717, 1.165) is 17.9 Å². The molecule has 0 spiro atoms. The van der Waals surface area contributed by atoms with Gasteiger partial charge in [0.15, 0.2) is 11.7 Å². The first-order valence-corrected chi connectivity index (χ1v) is 4.72. The third-order valence-corrected chi connectivity index (χ3v) is 2.23. The van der Waals surface area contributed by atoms with Gasteiger partial charge in [0.1, 0.15) is 12.0 Å². The average molecular weight is 221 g/mol. The minimum absolute atomic E-state index is 0.0419. The summed E-state index contributed by atoms with van der Waals surface area (Å²) in [4.78, 5) is 11.8. The summed E-state index contributed by atoms with van der Waals surface area (Å²) in [6.07, 6.45) is 4.05. The second-order valence-electron chi connectivity index (χ2n) is 3.18. The molecule has 0 aromatic rings. The van der Waals surface area contributed by atoms with Gasteiger partial charge in [-0.1, -0.05) is 12.0 Å². The van der Waals surface area contributed by atoms with Crippen molar-refractivity contribution in [3.63, 3.8) is 0 Å². The van der Waals surface area contributed by atoms with Crippen LogP contribution >= 0.6 is 0 Å². The molecule has 0 radical (unpaired) electrons. The molecule has 8 heteroatoms. The molecule has 4 N–H and O–H groups in total. The van der Waals surface area contributed by atoms with Gasteiger partial charge in [-0.3, -0.25) is 10.3 Å². The summed E-state index contributed by atoms with van der Waals surface area (Å²) in [7, 11) is 0. The van der Waals surface area contributed by atoms with E-state index in [2.05, 4.69) is 26.2 Å². The second-order valence-corrected chi connectivity index (χ2v) is 3.18. The van der Waals surface area contributed by atoms with Crippen LogP contribution in [0.15, 0.2) is 38.9 Å². The van der Waals surface area contributed by atoms with Crippen molar-refractivity contribution in [3.05, 3.63) is 28.3 Å². The molecule has 0 aromatic heterocycles. The molecule has 0 atom stereocenters. The standard InChI is InChI=1S/C8H11N7O/c1-2-5-8-13-10-4-15(8)3-6(11-5)7(9)12-14-16/h3-4,11,13H,2H2,1H3,(H2,9,12,16). The van der Waals surface area contributed by atoms with Crippen LogP contribution in [0, 0.1) is 4.91 Å². The summed E-state index contributed by atoms with van der Waals surface area (Å²) in [5.41, 5.74) is 9.86. The maximum Gasteiger partial charge on any atom is 0.174 e. The minimum Gasteiger partial charge on any atom is -0.380 e. The number of allylic oxidation sites excluding steroid dienone is 1. The van der Waals surface area contributed by atoms with Crippen molar-refractivity contribution in [1.29, 1.82) is 0 Å². The van der Waals surface area contributed by atoms with E-state index in [1.807, 2.05) is 6.92 Å². The molecule has 84 valence electrons. The topological polar surface area (TPSA) is 107 Å². The molecule has 8 nitrogen and oxygen atoms in total. The first-order chi connectivity index (χ1) is 7.76. The van der Waals surface area contributed by atoms with E-state index < -0.39 is 0 Å². The van der Waals surface area contributed by atoms with Crippen molar-refractivity contribution in [3.8, 4) is 0 Å². The summed E-state index contributed by atoms with van der Waals surface area (Å²) in [6.45, 7) is 1.99. The van der Waals surface area contributed by atoms with Crippen molar-refractivity contribution in [2.24, 2.45) is 21.2 Å². The van der Waals surface area contributed by atoms with Crippen LogP contribution in [-0.4, -0.2) is 17.1 Å². The van der Waals surface area contributed by atoms with Gasteiger partial charge < -0.3 is 11.1 Å². The lowest BCUT2D eigenvalue weighted by atomic mass is 10.2. The Bertz CT molecular complexity index is 434. The van der Waals surface area contributed by atoms with Crippen molar-refractivity contribution >= 4 is 12.2 Å². The first-order valence-electron chi connectivity index (χ1n) is 4.72. The first kappa shape index (κ1) is 10.1. The molecule has 0 unspecified atom stereocenters. The van der Waals surface area contributed by atoms with E-state index in [4.69, 9.17) is 5.73 Å². The summed E-state index contributed by atoms with van der Waals surface area (Å²) < 4.78 is 0. The highest BCUT2D eigenvalue weighted by molar-refractivity contribution is 5.97. The maximum absolute atomic E-state index is 10.00. The fourth-order valence-electron chi connectivity index (χ4n) is 1.47. The Balaban J connectivity index is 2.30. The van der Waals surface area contributed by atoms with Crippen LogP contribution in [0.3, 0.4) is 0 Å². The predicted octanol–water partition coefficient (Wildman–Crippen LogP) is -0.103. The van der Waals surface area contributed by atoms with Crippen LogP contribution in [0.25, 0.3) is 0 Å². The normalized spacial score (nSPS) is 18.9. The molecule has 2 aliphatic rings. The number of hydrogen-bond donors (Lipinski definition) is 3. The molecule has 0 aromatic carbocycles. The van der Waals surface area contributed by atoms with Crippen molar-refractivity contribution in [1.82, 2.24) is 15.6 Å². The molecule has 0 amide bonds. The quantitative estimate of drug-likeness (QED) is 0.267. The van der Waals surface area contributed by atoms with Crippen LogP contribution < -0.4 is 16.5 Å². The van der Waals surface area contributed by atoms with Crippen molar-refractivity contribution < 1.29 is 0 Å². The third kappa shape index (κ3) is 1.60. The summed E-state index contributed by atoms with van der Waals surface area (Å²) >= 11 is 0. The Morgan fingerprint density at radius 1 is 1.69 bits per heavy atom. The molecule has 0 fully saturated rings. The number of fused-ring (bicyclic) bond motifs is 1. The van der Waals surface area contributed by atoms with E-state index >= 15 is 0 Å². The zero-order valence-corrected chi connectivity index (χ0v) is 8.64. The smallest absolute Gasteiger partial charge is 0.174 e. The van der Waals surface area contributed by atoms with Gasteiger partial charge in [0, 0.05) is 6.20 Å². The molecule has 0 aliphatic carbocycles. The third-order valence-electron chi connectivity index (χ3n) is 2.23. The number of nitroso groups, excluding NO2 is 1. The van der Waals surface area contributed by atoms with Gasteiger partial charge >= 0.3 is 0 Å². The van der Waals surface area contributed by atoms with Gasteiger partial charge in [-0.2, -0.15) is 5.10 Å². The summed E-state index contributed by atoms with van der Waals surface area (Å²) in [5, 5.41) is 12.6. The second kappa shape index (κ2) is 4.01. The van der Waals surface area contributed by atoms with Gasteiger partial charge in [0.05, 0.1) is 11.0 Å². The number of hydrazone groups is 1. The summed E-state index contributed by atoms with van der Waals surface area (Å²) in [5.74, 6) is 0.887. The lowest BCUT2D eigenvalue weighted by Crippen LogP contribution is -2.35. The monoisotopic (exact) mass is 221 g/mol. The van der Waals surface area contributed by atoms with E-state index in [1.165, 1.54) is 0 Å². The lowest BCUT2D eigenvalue weighted by molar-refractivity contribution is 0.607. The largest absolute Gasteiger partial charge is 0.380 e. The zero-order chi connectivity index (χ0) is 11.5. The van der Waals surface area contributed by atoms with Gasteiger partial charge in [-0.15, -0.1) is 4.91 Å². The molecule has 2 heterocycles. The minimum atomic E-state index is 0.0419. The number of nitrogens with two attached hydrogens (primary N) is 1. The predicted molar refractivity (Wildman–Crippen MR) is 59.4 cm³/mol. The highest BCUT2D eigenvalue weighted by atomic mass is 16.3. The fourth-order valence-corrected chi connectivity index (χ4v) is 1.47. The van der Waals surface area contributed by atoms with E-state index in [-0.39, 0.29) is 5.84 Å². The van der Waals surface area contributed by atoms with Gasteiger partial charge in [0.2, 0.25) is 0 Å². The Hall–Kier alpha value is -2.38. The fraction of sp³-hybridized carbons (Fsp3) is 0.250. The Morgan fingerprint density at radius 2 is 2.50 bits per heavy atom. The maximum atomic E-state index is 10.00. The molecular weight excluding hydrogens is 210 g/mol. The Kier molecular flexibility index (Phi) is 2.54. The van der Waals surface area contributed by atoms with E-state index in [0.29, 0.717) is 5.70 Å². The Morgan fingerprint density at radius 3 is 3.19 bits per heavy atom. The average Bonchev–Trinajstić information content (AvgIpc) is 2.75. The van der Waals surface area contributed by atoms with Gasteiger partial charge in [-0.25, -0.2) is 0 Å². The van der Waals surface area contributed by atoms with E-state index in [1.54, 1.807) is 17.4 Å². The molecule has 2 aliphatic heterocycles. The lowest BCUT2D eigenvalue weighted by Gasteiger charge is -2.24. The van der Waals surface area contributed by atoms with Crippen LogP contribution in [-0.2, 0) is 0 Å². The highest BCUT2D eigenvalue weighted by Gasteiger charge is 2.22. The molecular formula is C8H11N7O. The molecule has 16 heavy (non-hydrogen) atoms. The highest BCUT2D eigenvalue weighted by Crippen LogP contribution is 2.18. The van der Waals surface area contributed by atoms with Gasteiger partial charge in [-0.05, 0) is 6.42 Å². The number of rotatable bonds is 3. The van der Waals surface area contributed by atoms with Crippen LogP contribution in [0.2, 0.25) is 0 Å². The van der Waals surface area contributed by atoms with Crippen LogP contribution in [0.1, 0.15) is 13.3 Å². The van der Waals surface area contributed by atoms with E-state index in [9.17, 15) is 4.91 Å². The van der Waals surface area contributed by atoms with Gasteiger partial charge in [0.25, 0.3) is 0 Å². The number of hydrogen-bond acceptors (Lipinski definition) is 6. The number of amidine groups is 1. The van der Waals surface area contributed by atoms with Crippen molar-refractivity contribution in [2.75, 3.05) is 0 Å². The van der Waals surface area contributed by atoms with Crippen molar-refractivity contribution in [2.45, 2.75) is 13.3 Å². The zero-order valence-electron chi connectivity index (χ0n) is 8.64. The van der Waals surface area contributed by atoms with Crippen LogP contribution in [0.5, 0.6) is 0 Å². The summed E-state index contributed by atoms with van der Waals surface area (Å²) in [6, 6.07) is 0. The molecule has 0 saturated carbocycles. The number of nitrogens with zero attached hydrogens (tertiary/aromatic N) is 4. The molecule has 0 bridgehead atoms. The van der Waals surface area contributed by atoms with Crippen LogP contribution in [0.4, 0.5) is 0 Å².